The number of aromatic nitrogens is 1. The van der Waals surface area contributed by atoms with Gasteiger partial charge in [0.1, 0.15) is 5.01 Å². The van der Waals surface area contributed by atoms with Gasteiger partial charge in [-0.1, -0.05) is 12.1 Å². The molecule has 0 amide bonds. The number of thiophene rings is 1. The Morgan fingerprint density at radius 3 is 2.80 bits per heavy atom. The molecule has 0 atom stereocenters. The fourth-order valence-electron chi connectivity index (χ4n) is 1.93. The van der Waals surface area contributed by atoms with Crippen molar-refractivity contribution in [3.63, 3.8) is 0 Å². The zero-order valence-corrected chi connectivity index (χ0v) is 12.3. The standard InChI is InChI=1S/C15H11NO2S2/c1-9-5-6-19-13(9)12-8-20-14(16-12)10-3-2-4-11(7-10)15(17)18/h2-8H,1H3,(H,17,18). The molecule has 0 spiro atoms. The summed E-state index contributed by atoms with van der Waals surface area (Å²) in [6, 6.07) is 8.95. The summed E-state index contributed by atoms with van der Waals surface area (Å²) in [4.78, 5) is 16.8. The Bertz CT molecular complexity index is 774. The molecule has 0 fully saturated rings. The van der Waals surface area contributed by atoms with Gasteiger partial charge in [-0.3, -0.25) is 0 Å². The van der Waals surface area contributed by atoms with Crippen LogP contribution < -0.4 is 0 Å². The largest absolute Gasteiger partial charge is 0.478 e. The minimum atomic E-state index is -0.919. The molecule has 3 aromatic rings. The van der Waals surface area contributed by atoms with Gasteiger partial charge >= 0.3 is 5.97 Å². The van der Waals surface area contributed by atoms with E-state index in [9.17, 15) is 4.79 Å². The number of aromatic carboxylic acids is 1. The Balaban J connectivity index is 2.00. The summed E-state index contributed by atoms with van der Waals surface area (Å²) in [5.41, 5.74) is 3.30. The second-order valence-electron chi connectivity index (χ2n) is 4.36. The molecule has 2 heterocycles. The minimum Gasteiger partial charge on any atom is -0.478 e. The Hall–Kier alpha value is -1.98. The van der Waals surface area contributed by atoms with Crippen LogP contribution in [0.15, 0.2) is 41.1 Å². The number of carboxylic acid groups (broad SMARTS) is 1. The van der Waals surface area contributed by atoms with Crippen LogP contribution in [0.25, 0.3) is 21.1 Å². The molecule has 3 nitrogen and oxygen atoms in total. The van der Waals surface area contributed by atoms with Crippen LogP contribution in [0.1, 0.15) is 15.9 Å². The van der Waals surface area contributed by atoms with Gasteiger partial charge in [-0.25, -0.2) is 9.78 Å². The maximum absolute atomic E-state index is 11.0. The van der Waals surface area contributed by atoms with E-state index in [0.29, 0.717) is 0 Å². The minimum absolute atomic E-state index is 0.284. The molecule has 0 bridgehead atoms. The molecule has 100 valence electrons. The highest BCUT2D eigenvalue weighted by molar-refractivity contribution is 7.15. The van der Waals surface area contributed by atoms with Crippen molar-refractivity contribution in [3.05, 3.63) is 52.2 Å². The number of nitrogens with zero attached hydrogens (tertiary/aromatic N) is 1. The van der Waals surface area contributed by atoms with Gasteiger partial charge in [0.15, 0.2) is 0 Å². The number of carboxylic acids is 1. The van der Waals surface area contributed by atoms with E-state index < -0.39 is 5.97 Å². The monoisotopic (exact) mass is 301 g/mol. The highest BCUT2D eigenvalue weighted by Gasteiger charge is 2.11. The quantitative estimate of drug-likeness (QED) is 0.772. The van der Waals surface area contributed by atoms with Crippen molar-refractivity contribution in [2.24, 2.45) is 0 Å². The fraction of sp³-hybridized carbons (Fsp3) is 0.0667. The van der Waals surface area contributed by atoms with Crippen LogP contribution in [0.3, 0.4) is 0 Å². The molecule has 1 N–H and O–H groups in total. The van der Waals surface area contributed by atoms with Crippen LogP contribution in [-0.2, 0) is 0 Å². The van der Waals surface area contributed by atoms with Gasteiger partial charge in [-0.05, 0) is 36.1 Å². The zero-order valence-electron chi connectivity index (χ0n) is 10.7. The van der Waals surface area contributed by atoms with Crippen molar-refractivity contribution >= 4 is 28.6 Å². The molecule has 0 aliphatic heterocycles. The van der Waals surface area contributed by atoms with Gasteiger partial charge in [-0.15, -0.1) is 22.7 Å². The lowest BCUT2D eigenvalue weighted by Gasteiger charge is -1.98. The Morgan fingerprint density at radius 2 is 2.10 bits per heavy atom. The fourth-order valence-corrected chi connectivity index (χ4v) is 3.70. The van der Waals surface area contributed by atoms with Gasteiger partial charge in [0, 0.05) is 10.9 Å². The van der Waals surface area contributed by atoms with Crippen molar-refractivity contribution in [1.82, 2.24) is 4.98 Å². The Morgan fingerprint density at radius 1 is 1.25 bits per heavy atom. The van der Waals surface area contributed by atoms with Gasteiger partial charge in [0.2, 0.25) is 0 Å². The molecule has 20 heavy (non-hydrogen) atoms. The van der Waals surface area contributed by atoms with E-state index in [1.807, 2.05) is 11.4 Å². The predicted molar refractivity (Wildman–Crippen MR) is 82.6 cm³/mol. The molecule has 0 radical (unpaired) electrons. The molecule has 5 heteroatoms. The second kappa shape index (κ2) is 5.19. The number of hydrogen-bond acceptors (Lipinski definition) is 4. The lowest BCUT2D eigenvalue weighted by atomic mass is 10.1. The summed E-state index contributed by atoms with van der Waals surface area (Å²) in [5.74, 6) is -0.919. The summed E-state index contributed by atoms with van der Waals surface area (Å²) in [6.07, 6.45) is 0. The first kappa shape index (κ1) is 13.0. The average Bonchev–Trinajstić information content (AvgIpc) is 3.07. The first-order valence-corrected chi connectivity index (χ1v) is 7.75. The van der Waals surface area contributed by atoms with E-state index in [1.165, 1.54) is 21.8 Å². The highest BCUT2D eigenvalue weighted by Crippen LogP contribution is 2.33. The number of hydrogen-bond donors (Lipinski definition) is 1. The van der Waals surface area contributed by atoms with Crippen molar-refractivity contribution in [2.45, 2.75) is 6.92 Å². The summed E-state index contributed by atoms with van der Waals surface area (Å²) in [6.45, 7) is 2.07. The molecular weight excluding hydrogens is 290 g/mol. The lowest BCUT2D eigenvalue weighted by Crippen LogP contribution is -1.95. The smallest absolute Gasteiger partial charge is 0.335 e. The first-order chi connectivity index (χ1) is 9.65. The first-order valence-electron chi connectivity index (χ1n) is 5.99. The zero-order chi connectivity index (χ0) is 14.1. The van der Waals surface area contributed by atoms with Crippen LogP contribution in [0.4, 0.5) is 0 Å². The van der Waals surface area contributed by atoms with Gasteiger partial charge < -0.3 is 5.11 Å². The van der Waals surface area contributed by atoms with E-state index in [1.54, 1.807) is 29.5 Å². The third-order valence-electron chi connectivity index (χ3n) is 2.96. The molecule has 0 saturated heterocycles. The third-order valence-corrected chi connectivity index (χ3v) is 4.89. The SMILES string of the molecule is Cc1ccsc1-c1csc(-c2cccc(C(=O)O)c2)n1. The van der Waals surface area contributed by atoms with Crippen LogP contribution in [0.2, 0.25) is 0 Å². The van der Waals surface area contributed by atoms with Crippen molar-refractivity contribution < 1.29 is 9.90 Å². The van der Waals surface area contributed by atoms with E-state index in [0.717, 1.165) is 16.3 Å². The molecule has 3 rings (SSSR count). The summed E-state index contributed by atoms with van der Waals surface area (Å²) in [7, 11) is 0. The topological polar surface area (TPSA) is 50.2 Å². The molecule has 0 saturated carbocycles. The van der Waals surface area contributed by atoms with E-state index in [-0.39, 0.29) is 5.56 Å². The molecule has 0 aliphatic rings. The second-order valence-corrected chi connectivity index (χ2v) is 6.13. The van der Waals surface area contributed by atoms with Crippen molar-refractivity contribution in [3.8, 4) is 21.1 Å². The maximum atomic E-state index is 11.0. The average molecular weight is 301 g/mol. The molecule has 1 aromatic carbocycles. The number of benzene rings is 1. The van der Waals surface area contributed by atoms with E-state index in [4.69, 9.17) is 5.11 Å². The van der Waals surface area contributed by atoms with Crippen molar-refractivity contribution in [1.29, 1.82) is 0 Å². The summed E-state index contributed by atoms with van der Waals surface area (Å²) in [5, 5.41) is 13.9. The Labute approximate surface area is 124 Å². The van der Waals surface area contributed by atoms with Crippen molar-refractivity contribution in [2.75, 3.05) is 0 Å². The molecule has 2 aromatic heterocycles. The Kier molecular flexibility index (Phi) is 3.38. The van der Waals surface area contributed by atoms with Crippen LogP contribution in [0.5, 0.6) is 0 Å². The number of aryl methyl sites for hydroxylation is 1. The van der Waals surface area contributed by atoms with Crippen LogP contribution in [-0.4, -0.2) is 16.1 Å². The molecular formula is C15H11NO2S2. The maximum Gasteiger partial charge on any atom is 0.335 e. The number of thiazole rings is 1. The molecule has 0 aliphatic carbocycles. The predicted octanol–water partition coefficient (Wildman–Crippen LogP) is 4.55. The van der Waals surface area contributed by atoms with Gasteiger partial charge in [0.25, 0.3) is 0 Å². The summed E-state index contributed by atoms with van der Waals surface area (Å²) >= 11 is 3.20. The highest BCUT2D eigenvalue weighted by atomic mass is 32.1. The van der Waals surface area contributed by atoms with E-state index in [2.05, 4.69) is 23.4 Å². The van der Waals surface area contributed by atoms with Gasteiger partial charge in [-0.2, -0.15) is 0 Å². The van der Waals surface area contributed by atoms with Crippen LogP contribution in [0, 0.1) is 6.92 Å². The van der Waals surface area contributed by atoms with Gasteiger partial charge in [0.05, 0.1) is 16.1 Å². The normalized spacial score (nSPS) is 10.7. The van der Waals surface area contributed by atoms with Crippen LogP contribution >= 0.6 is 22.7 Å². The number of rotatable bonds is 3. The third kappa shape index (κ3) is 2.37. The number of carbonyl (C=O) groups is 1. The summed E-state index contributed by atoms with van der Waals surface area (Å²) < 4.78 is 0. The molecule has 0 unspecified atom stereocenters. The lowest BCUT2D eigenvalue weighted by molar-refractivity contribution is 0.0697. The van der Waals surface area contributed by atoms with E-state index >= 15 is 0 Å².